The van der Waals surface area contributed by atoms with Crippen LogP contribution in [-0.4, -0.2) is 29.5 Å². The fourth-order valence-corrected chi connectivity index (χ4v) is 3.63. The van der Waals surface area contributed by atoms with Gasteiger partial charge in [-0.15, -0.1) is 11.3 Å². The number of benzene rings is 1. The zero-order valence-corrected chi connectivity index (χ0v) is 14.3. The van der Waals surface area contributed by atoms with Crippen LogP contribution in [0.4, 0.5) is 4.39 Å². The van der Waals surface area contributed by atoms with Crippen LogP contribution in [0, 0.1) is 5.82 Å². The molecule has 0 aliphatic heterocycles. The van der Waals surface area contributed by atoms with E-state index in [2.05, 4.69) is 26.2 Å². The number of fused-ring (bicyclic) bond motifs is 1. The van der Waals surface area contributed by atoms with Gasteiger partial charge < -0.3 is 4.98 Å². The van der Waals surface area contributed by atoms with E-state index in [-0.39, 0.29) is 5.82 Å². The van der Waals surface area contributed by atoms with Crippen molar-refractivity contribution in [3.05, 3.63) is 71.1 Å². The molecule has 0 unspecified atom stereocenters. The van der Waals surface area contributed by atoms with Gasteiger partial charge in [0.15, 0.2) is 5.65 Å². The third-order valence-corrected chi connectivity index (χ3v) is 4.99. The summed E-state index contributed by atoms with van der Waals surface area (Å²) < 4.78 is 17.4. The summed E-state index contributed by atoms with van der Waals surface area (Å²) in [4.78, 5) is 9.12. The summed E-state index contributed by atoms with van der Waals surface area (Å²) in [5, 5.41) is 10.7. The Morgan fingerprint density at radius 2 is 2.12 bits per heavy atom. The second kappa shape index (κ2) is 5.92. The molecule has 128 valence electrons. The first kappa shape index (κ1) is 15.0. The summed E-state index contributed by atoms with van der Waals surface area (Å²) in [6, 6.07) is 10.5. The van der Waals surface area contributed by atoms with Crippen molar-refractivity contribution >= 4 is 22.5 Å². The van der Waals surface area contributed by atoms with Gasteiger partial charge in [-0.1, -0.05) is 6.07 Å². The topological polar surface area (TPSA) is 64.3 Å². The van der Waals surface area contributed by atoms with Crippen molar-refractivity contribution in [3.63, 3.8) is 0 Å². The molecule has 0 radical (unpaired) electrons. The predicted molar refractivity (Wildman–Crippen MR) is 97.8 cm³/mol. The molecule has 0 spiro atoms. The van der Waals surface area contributed by atoms with Crippen molar-refractivity contribution < 1.29 is 4.39 Å². The smallest absolute Gasteiger partial charge is 0.177 e. The summed E-state index contributed by atoms with van der Waals surface area (Å²) in [5.41, 5.74) is 2.95. The largest absolute Gasteiger partial charge is 0.335 e. The Kier molecular flexibility index (Phi) is 3.42. The third kappa shape index (κ3) is 2.51. The number of imidazole rings is 1. The molecule has 0 saturated heterocycles. The van der Waals surface area contributed by atoms with Crippen molar-refractivity contribution in [2.45, 2.75) is 6.54 Å². The van der Waals surface area contributed by atoms with E-state index in [0.717, 1.165) is 16.9 Å². The van der Waals surface area contributed by atoms with E-state index in [0.29, 0.717) is 17.9 Å². The van der Waals surface area contributed by atoms with E-state index in [1.807, 2.05) is 28.4 Å². The lowest BCUT2D eigenvalue weighted by Gasteiger charge is -2.07. The Morgan fingerprint density at radius 1 is 1.15 bits per heavy atom. The van der Waals surface area contributed by atoms with Crippen LogP contribution in [0.2, 0.25) is 0 Å². The van der Waals surface area contributed by atoms with Crippen LogP contribution in [0.25, 0.3) is 28.2 Å². The zero-order valence-electron chi connectivity index (χ0n) is 13.5. The molecule has 0 saturated carbocycles. The molecule has 8 heteroatoms. The summed E-state index contributed by atoms with van der Waals surface area (Å²) in [6.07, 6.45) is 5.24. The maximum absolute atomic E-state index is 13.9. The van der Waals surface area contributed by atoms with Crippen molar-refractivity contribution in [2.24, 2.45) is 0 Å². The SMILES string of the molecule is Fc1ccc(-n2cccn2)c(-c2nc3c(cnn3Cc3cccs3)[nH]2)c1. The van der Waals surface area contributed by atoms with Crippen LogP contribution < -0.4 is 0 Å². The highest BCUT2D eigenvalue weighted by atomic mass is 32.1. The molecular weight excluding hydrogens is 351 g/mol. The number of halogens is 1. The standard InChI is InChI=1S/C18H13FN6S/c19-12-4-5-16(24-7-2-6-20-24)14(9-12)17-22-15-10-21-25(18(15)23-17)11-13-3-1-8-26-13/h1-10H,11H2,(H,22,23). The van der Waals surface area contributed by atoms with Crippen LogP contribution in [0.3, 0.4) is 0 Å². The summed E-state index contributed by atoms with van der Waals surface area (Å²) >= 11 is 1.68. The molecule has 26 heavy (non-hydrogen) atoms. The minimum Gasteiger partial charge on any atom is -0.335 e. The van der Waals surface area contributed by atoms with E-state index < -0.39 is 0 Å². The highest BCUT2D eigenvalue weighted by Crippen LogP contribution is 2.27. The summed E-state index contributed by atoms with van der Waals surface area (Å²) in [5.74, 6) is 0.263. The Morgan fingerprint density at radius 3 is 2.92 bits per heavy atom. The van der Waals surface area contributed by atoms with E-state index in [1.165, 1.54) is 17.0 Å². The van der Waals surface area contributed by atoms with Gasteiger partial charge in [-0.2, -0.15) is 10.2 Å². The van der Waals surface area contributed by atoms with Gasteiger partial charge >= 0.3 is 0 Å². The lowest BCUT2D eigenvalue weighted by Crippen LogP contribution is -2.01. The molecule has 0 bridgehead atoms. The number of hydrogen-bond donors (Lipinski definition) is 1. The quantitative estimate of drug-likeness (QED) is 0.527. The minimum absolute atomic E-state index is 0.323. The van der Waals surface area contributed by atoms with Crippen molar-refractivity contribution in [3.8, 4) is 17.1 Å². The average molecular weight is 364 g/mol. The first-order valence-electron chi connectivity index (χ1n) is 8.02. The van der Waals surface area contributed by atoms with E-state index in [1.54, 1.807) is 34.5 Å². The van der Waals surface area contributed by atoms with Gasteiger partial charge in [0.05, 0.1) is 18.4 Å². The number of aromatic amines is 1. The van der Waals surface area contributed by atoms with E-state index in [4.69, 9.17) is 0 Å². The van der Waals surface area contributed by atoms with Gasteiger partial charge in [-0.3, -0.25) is 0 Å². The lowest BCUT2D eigenvalue weighted by molar-refractivity contribution is 0.627. The first-order valence-corrected chi connectivity index (χ1v) is 8.90. The van der Waals surface area contributed by atoms with Gasteiger partial charge in [-0.25, -0.2) is 18.7 Å². The Hall–Kier alpha value is -3.26. The van der Waals surface area contributed by atoms with Crippen molar-refractivity contribution in [2.75, 3.05) is 0 Å². The van der Waals surface area contributed by atoms with Gasteiger partial charge in [0.1, 0.15) is 17.2 Å². The molecule has 5 rings (SSSR count). The Labute approximate surface area is 151 Å². The van der Waals surface area contributed by atoms with Crippen molar-refractivity contribution in [1.29, 1.82) is 0 Å². The van der Waals surface area contributed by atoms with Gasteiger partial charge in [0, 0.05) is 22.8 Å². The average Bonchev–Trinajstić information content (AvgIpc) is 3.42. The van der Waals surface area contributed by atoms with Crippen LogP contribution in [0.5, 0.6) is 0 Å². The molecule has 0 amide bonds. The molecule has 0 aliphatic rings. The zero-order chi connectivity index (χ0) is 17.5. The van der Waals surface area contributed by atoms with Gasteiger partial charge in [-0.05, 0) is 35.7 Å². The number of nitrogens with zero attached hydrogens (tertiary/aromatic N) is 5. The Balaban J connectivity index is 1.62. The lowest BCUT2D eigenvalue weighted by atomic mass is 10.1. The molecule has 4 aromatic heterocycles. The maximum Gasteiger partial charge on any atom is 0.177 e. The number of hydrogen-bond acceptors (Lipinski definition) is 4. The van der Waals surface area contributed by atoms with E-state index in [9.17, 15) is 4.39 Å². The fourth-order valence-electron chi connectivity index (χ4n) is 2.95. The molecule has 1 aromatic carbocycles. The molecule has 5 aromatic rings. The van der Waals surface area contributed by atoms with Crippen molar-refractivity contribution in [1.82, 2.24) is 29.5 Å². The summed E-state index contributed by atoms with van der Waals surface area (Å²) in [7, 11) is 0. The Bertz CT molecular complexity index is 1170. The third-order valence-electron chi connectivity index (χ3n) is 4.13. The number of H-pyrrole nitrogens is 1. The van der Waals surface area contributed by atoms with Gasteiger partial charge in [0.2, 0.25) is 0 Å². The number of thiophene rings is 1. The normalized spacial score (nSPS) is 11.4. The minimum atomic E-state index is -0.323. The summed E-state index contributed by atoms with van der Waals surface area (Å²) in [6.45, 7) is 0.653. The monoisotopic (exact) mass is 364 g/mol. The van der Waals surface area contributed by atoms with Crippen LogP contribution in [0.15, 0.2) is 60.4 Å². The van der Waals surface area contributed by atoms with Crippen LogP contribution in [-0.2, 0) is 6.54 Å². The molecule has 6 nitrogen and oxygen atoms in total. The maximum atomic E-state index is 13.9. The van der Waals surface area contributed by atoms with Crippen LogP contribution >= 0.6 is 11.3 Å². The number of aromatic nitrogens is 6. The fraction of sp³-hybridized carbons (Fsp3) is 0.0556. The molecule has 0 atom stereocenters. The molecular formula is C18H13FN6S. The molecule has 0 aliphatic carbocycles. The highest BCUT2D eigenvalue weighted by Gasteiger charge is 2.16. The highest BCUT2D eigenvalue weighted by molar-refractivity contribution is 7.09. The van der Waals surface area contributed by atoms with Crippen LogP contribution in [0.1, 0.15) is 4.88 Å². The molecule has 0 fully saturated rings. The predicted octanol–water partition coefficient (Wildman–Crippen LogP) is 3.86. The number of nitrogens with one attached hydrogen (secondary N) is 1. The first-order chi connectivity index (χ1) is 12.8. The molecule has 1 N–H and O–H groups in total. The van der Waals surface area contributed by atoms with Gasteiger partial charge in [0.25, 0.3) is 0 Å². The number of rotatable bonds is 4. The van der Waals surface area contributed by atoms with E-state index >= 15 is 0 Å². The second-order valence-electron chi connectivity index (χ2n) is 5.82. The second-order valence-corrected chi connectivity index (χ2v) is 6.85. The molecule has 4 heterocycles.